The van der Waals surface area contributed by atoms with Gasteiger partial charge in [-0.15, -0.1) is 0 Å². The minimum absolute atomic E-state index is 0.0190. The molecule has 1 aliphatic heterocycles. The Bertz CT molecular complexity index is 773. The number of alkyl halides is 3. The first-order valence-corrected chi connectivity index (χ1v) is 10.9. The first-order valence-electron chi connectivity index (χ1n) is 10.9. The number of hydrogen-bond donors (Lipinski definition) is 3. The van der Waals surface area contributed by atoms with Crippen LogP contribution in [0.2, 0.25) is 0 Å². The van der Waals surface area contributed by atoms with Gasteiger partial charge in [0.05, 0.1) is 12.6 Å². The molecule has 0 aromatic heterocycles. The first kappa shape index (κ1) is 26.7. The molecule has 2 fully saturated rings. The lowest BCUT2D eigenvalue weighted by atomic mass is 9.96. The SMILES string of the molecule is CNCCC[C@H](C=O)C[C@@H](C=O)NC(=O)[C@@H]1C2C(CN1C(=O)CNC(=O)C(F)(F)F)C2(C)C. The van der Waals surface area contributed by atoms with E-state index < -0.39 is 48.4 Å². The van der Waals surface area contributed by atoms with E-state index in [0.29, 0.717) is 25.7 Å². The number of nitrogens with one attached hydrogen (secondary N) is 3. The maximum Gasteiger partial charge on any atom is 0.471 e. The topological polar surface area (TPSA) is 125 Å². The molecule has 2 unspecified atom stereocenters. The highest BCUT2D eigenvalue weighted by Crippen LogP contribution is 2.64. The highest BCUT2D eigenvalue weighted by Gasteiger charge is 2.69. The number of likely N-dealkylation sites (tertiary alicyclic amines) is 1. The van der Waals surface area contributed by atoms with Crippen LogP contribution < -0.4 is 16.0 Å². The van der Waals surface area contributed by atoms with Crippen molar-refractivity contribution in [1.29, 1.82) is 0 Å². The predicted octanol–water partition coefficient (Wildman–Crippen LogP) is 0.0364. The van der Waals surface area contributed by atoms with E-state index in [-0.39, 0.29) is 30.2 Å². The molecule has 3 amide bonds. The van der Waals surface area contributed by atoms with E-state index in [1.54, 1.807) is 7.05 Å². The first-order chi connectivity index (χ1) is 15.4. The van der Waals surface area contributed by atoms with Crippen LogP contribution in [-0.2, 0) is 24.0 Å². The fourth-order valence-electron chi connectivity index (χ4n) is 4.73. The van der Waals surface area contributed by atoms with Gasteiger partial charge in [-0.1, -0.05) is 13.8 Å². The predicted molar refractivity (Wildman–Crippen MR) is 111 cm³/mol. The molecule has 12 heteroatoms. The molecule has 9 nitrogen and oxygen atoms in total. The standard InChI is InChI=1S/C21H31F3N4O5/c1-20(2)14-9-28(15(31)8-26-19(33)21(22,23)24)17(16(14)20)18(32)27-13(11-30)7-12(10-29)5-4-6-25-3/h10-14,16-17,25H,4-9H2,1-3H3,(H,26,33)(H,27,32)/t12-,13-,14?,16?,17-/m0/s1. The lowest BCUT2D eigenvalue weighted by Crippen LogP contribution is -2.54. The van der Waals surface area contributed by atoms with Gasteiger partial charge in [0.15, 0.2) is 0 Å². The molecule has 1 saturated carbocycles. The fourth-order valence-corrected chi connectivity index (χ4v) is 4.73. The van der Waals surface area contributed by atoms with Crippen LogP contribution in [0.1, 0.15) is 33.1 Å². The van der Waals surface area contributed by atoms with Crippen LogP contribution >= 0.6 is 0 Å². The summed E-state index contributed by atoms with van der Waals surface area (Å²) in [4.78, 5) is 60.7. The maximum atomic E-state index is 13.1. The molecule has 186 valence electrons. The molecule has 33 heavy (non-hydrogen) atoms. The summed E-state index contributed by atoms with van der Waals surface area (Å²) in [6.45, 7) is 3.83. The van der Waals surface area contributed by atoms with E-state index in [4.69, 9.17) is 0 Å². The molecule has 0 spiro atoms. The number of amides is 3. The summed E-state index contributed by atoms with van der Waals surface area (Å²) in [5.41, 5.74) is -0.247. The zero-order valence-corrected chi connectivity index (χ0v) is 18.9. The van der Waals surface area contributed by atoms with Crippen molar-refractivity contribution in [2.75, 3.05) is 26.7 Å². The van der Waals surface area contributed by atoms with Gasteiger partial charge in [-0.25, -0.2) is 0 Å². The zero-order chi connectivity index (χ0) is 25.0. The van der Waals surface area contributed by atoms with Crippen LogP contribution in [0.15, 0.2) is 0 Å². The van der Waals surface area contributed by atoms with Crippen molar-refractivity contribution in [1.82, 2.24) is 20.9 Å². The Kier molecular flexibility index (Phi) is 8.61. The Morgan fingerprint density at radius 3 is 2.39 bits per heavy atom. The largest absolute Gasteiger partial charge is 0.471 e. The van der Waals surface area contributed by atoms with Gasteiger partial charge in [-0.05, 0) is 50.1 Å². The fraction of sp³-hybridized carbons (Fsp3) is 0.762. The van der Waals surface area contributed by atoms with Gasteiger partial charge in [-0.3, -0.25) is 14.4 Å². The highest BCUT2D eigenvalue weighted by atomic mass is 19.4. The Morgan fingerprint density at radius 2 is 1.85 bits per heavy atom. The molecular formula is C21H31F3N4O5. The van der Waals surface area contributed by atoms with Crippen molar-refractivity contribution in [3.8, 4) is 0 Å². The molecule has 0 aromatic carbocycles. The maximum absolute atomic E-state index is 13.1. The number of carbonyl (C=O) groups is 5. The summed E-state index contributed by atoms with van der Waals surface area (Å²) >= 11 is 0. The van der Waals surface area contributed by atoms with E-state index in [0.717, 1.165) is 6.29 Å². The summed E-state index contributed by atoms with van der Waals surface area (Å²) in [5.74, 6) is -4.31. The van der Waals surface area contributed by atoms with E-state index in [2.05, 4.69) is 10.6 Å². The average molecular weight is 476 g/mol. The Hall–Kier alpha value is -2.50. The number of carbonyl (C=O) groups excluding carboxylic acids is 5. The number of nitrogens with zero attached hydrogens (tertiary/aromatic N) is 1. The molecule has 1 saturated heterocycles. The van der Waals surface area contributed by atoms with Crippen molar-refractivity contribution >= 4 is 30.3 Å². The van der Waals surface area contributed by atoms with Gasteiger partial charge in [0.1, 0.15) is 18.6 Å². The van der Waals surface area contributed by atoms with E-state index >= 15 is 0 Å². The molecule has 0 radical (unpaired) electrons. The zero-order valence-electron chi connectivity index (χ0n) is 18.9. The van der Waals surface area contributed by atoms with Gasteiger partial charge in [0.25, 0.3) is 0 Å². The third-order valence-corrected chi connectivity index (χ3v) is 6.70. The molecule has 5 atom stereocenters. The van der Waals surface area contributed by atoms with Crippen molar-refractivity contribution in [3.05, 3.63) is 0 Å². The van der Waals surface area contributed by atoms with Crippen molar-refractivity contribution < 1.29 is 37.1 Å². The second kappa shape index (κ2) is 10.6. The Labute approximate surface area is 190 Å². The smallest absolute Gasteiger partial charge is 0.345 e. The van der Waals surface area contributed by atoms with Crippen LogP contribution in [0.5, 0.6) is 0 Å². The van der Waals surface area contributed by atoms with Gasteiger partial charge in [-0.2, -0.15) is 13.2 Å². The second-order valence-corrected chi connectivity index (χ2v) is 9.25. The molecule has 2 aliphatic rings. The van der Waals surface area contributed by atoms with Crippen LogP contribution in [-0.4, -0.2) is 80.1 Å². The van der Waals surface area contributed by atoms with Crippen LogP contribution in [0, 0.1) is 23.2 Å². The highest BCUT2D eigenvalue weighted by molar-refractivity contribution is 5.93. The number of piperidine rings is 1. The molecule has 1 aliphatic carbocycles. The van der Waals surface area contributed by atoms with E-state index in [9.17, 15) is 37.1 Å². The second-order valence-electron chi connectivity index (χ2n) is 9.25. The Morgan fingerprint density at radius 1 is 1.18 bits per heavy atom. The molecule has 1 heterocycles. The van der Waals surface area contributed by atoms with Crippen molar-refractivity contribution in [3.63, 3.8) is 0 Å². The summed E-state index contributed by atoms with van der Waals surface area (Å²) in [6.07, 6.45) is -2.48. The minimum Gasteiger partial charge on any atom is -0.345 e. The molecule has 0 bridgehead atoms. The monoisotopic (exact) mass is 476 g/mol. The van der Waals surface area contributed by atoms with E-state index in [1.165, 1.54) is 10.2 Å². The van der Waals surface area contributed by atoms with Crippen molar-refractivity contribution in [2.24, 2.45) is 23.2 Å². The van der Waals surface area contributed by atoms with E-state index in [1.807, 2.05) is 13.8 Å². The van der Waals surface area contributed by atoms with Crippen molar-refractivity contribution in [2.45, 2.75) is 51.4 Å². The van der Waals surface area contributed by atoms with Gasteiger partial charge in [0.2, 0.25) is 11.8 Å². The summed E-state index contributed by atoms with van der Waals surface area (Å²) in [5, 5.41) is 7.08. The third kappa shape index (κ3) is 6.30. The lowest BCUT2D eigenvalue weighted by molar-refractivity contribution is -0.174. The average Bonchev–Trinajstić information content (AvgIpc) is 3.09. The Balaban J connectivity index is 2.04. The lowest BCUT2D eigenvalue weighted by Gasteiger charge is -2.31. The minimum atomic E-state index is -5.12. The quantitative estimate of drug-likeness (QED) is 0.270. The summed E-state index contributed by atoms with van der Waals surface area (Å²) in [6, 6.07) is -1.91. The number of hydrogen-bond acceptors (Lipinski definition) is 6. The summed E-state index contributed by atoms with van der Waals surface area (Å²) < 4.78 is 37.2. The van der Waals surface area contributed by atoms with Gasteiger partial charge < -0.3 is 30.4 Å². The summed E-state index contributed by atoms with van der Waals surface area (Å²) in [7, 11) is 1.78. The third-order valence-electron chi connectivity index (χ3n) is 6.70. The number of halogens is 3. The molecule has 2 rings (SSSR count). The number of fused-ring (bicyclic) bond motifs is 1. The van der Waals surface area contributed by atoms with Gasteiger partial charge >= 0.3 is 12.1 Å². The van der Waals surface area contributed by atoms with Gasteiger partial charge in [0, 0.05) is 12.5 Å². The normalized spacial score (nSPS) is 24.9. The molecule has 0 aromatic rings. The molecule has 3 N–H and O–H groups in total. The van der Waals surface area contributed by atoms with Crippen LogP contribution in [0.4, 0.5) is 13.2 Å². The number of rotatable bonds is 12. The number of aldehydes is 2. The van der Waals surface area contributed by atoms with Crippen LogP contribution in [0.3, 0.4) is 0 Å². The van der Waals surface area contributed by atoms with Crippen LogP contribution in [0.25, 0.3) is 0 Å². The molecular weight excluding hydrogens is 445 g/mol.